The van der Waals surface area contributed by atoms with Crippen molar-refractivity contribution in [3.8, 4) is 0 Å². The van der Waals surface area contributed by atoms with Gasteiger partial charge in [-0.05, 0) is 12.8 Å². The molecule has 0 aromatic carbocycles. The Kier molecular flexibility index (Phi) is 20.8. The topological polar surface area (TPSA) is 324 Å². The summed E-state index contributed by atoms with van der Waals surface area (Å²) in [7, 11) is -24.9. The molecule has 0 bridgehead atoms. The molecule has 0 radical (unpaired) electrons. The third-order valence-corrected chi connectivity index (χ3v) is 8.97. The van der Waals surface area contributed by atoms with Gasteiger partial charge in [-0.25, -0.2) is 0 Å². The van der Waals surface area contributed by atoms with Crippen LogP contribution in [0.4, 0.5) is 0 Å². The Labute approximate surface area is 242 Å². The van der Waals surface area contributed by atoms with Crippen molar-refractivity contribution in [2.75, 3.05) is 66.1 Å². The zero-order chi connectivity index (χ0) is 32.5. The molecule has 0 aliphatic heterocycles. The molecule has 0 heterocycles. The lowest BCUT2D eigenvalue weighted by Gasteiger charge is -2.27. The van der Waals surface area contributed by atoms with Gasteiger partial charge in [-0.1, -0.05) is 13.8 Å². The highest BCUT2D eigenvalue weighted by molar-refractivity contribution is 7.46. The Morgan fingerprint density at radius 1 is 0.500 bits per heavy atom. The van der Waals surface area contributed by atoms with Crippen LogP contribution in [0.3, 0.4) is 0 Å². The van der Waals surface area contributed by atoms with Crippen LogP contribution >= 0.6 is 39.1 Å². The van der Waals surface area contributed by atoms with E-state index in [9.17, 15) is 47.3 Å². The zero-order valence-electron chi connectivity index (χ0n) is 22.5. The number of phosphoric ester groups is 5. The van der Waals surface area contributed by atoms with Crippen LogP contribution in [-0.4, -0.2) is 76.1 Å². The molecule has 7 atom stereocenters. The summed E-state index contributed by atoms with van der Waals surface area (Å²) in [5, 5.41) is 8.99. The van der Waals surface area contributed by atoms with Gasteiger partial charge < -0.3 is 75.2 Å². The van der Waals surface area contributed by atoms with Crippen molar-refractivity contribution in [2.45, 2.75) is 26.7 Å². The van der Waals surface area contributed by atoms with E-state index in [1.54, 1.807) is 13.8 Å². The highest BCUT2D eigenvalue weighted by Crippen LogP contribution is 2.43. The molecule has 0 aromatic heterocycles. The van der Waals surface area contributed by atoms with Crippen LogP contribution in [0.2, 0.25) is 0 Å². The van der Waals surface area contributed by atoms with Crippen molar-refractivity contribution < 1.29 is 98.0 Å². The normalized spacial score (nSPS) is 20.9. The molecule has 21 nitrogen and oxygen atoms in total. The van der Waals surface area contributed by atoms with Gasteiger partial charge in [0.1, 0.15) is 0 Å². The Balaban J connectivity index is 4.21. The third kappa shape index (κ3) is 23.8. The molecule has 0 rings (SSSR count). The average molecular weight is 717 g/mol. The lowest BCUT2D eigenvalue weighted by molar-refractivity contribution is -0.237. The standard InChI is InChI=1S/C16H39O21P5/c1-3-15(11-17)12-36-41(25,26)33-9-7-31-39(21,22)29-5-6-30-40(23,24)32-8-10-34-42(27,28)37-14-16(4-2)13-35-38(18,19)20/h15-17H,3-14H2,1-2H3,(H,21,22)(H,23,24)(H,25,26)(H,27,28)(H2,18,19,20)/p-5. The predicted octanol–water partition coefficient (Wildman–Crippen LogP) is -1.49. The monoisotopic (exact) mass is 717 g/mol. The van der Waals surface area contributed by atoms with Gasteiger partial charge in [0.2, 0.25) is 0 Å². The Morgan fingerprint density at radius 2 is 0.762 bits per heavy atom. The molecular formula is C16H34O21P5-5. The van der Waals surface area contributed by atoms with E-state index in [2.05, 4.69) is 40.7 Å². The Morgan fingerprint density at radius 3 is 1.02 bits per heavy atom. The zero-order valence-corrected chi connectivity index (χ0v) is 27.0. The maximum Gasteiger partial charge on any atom is 0.268 e. The molecular weight excluding hydrogens is 683 g/mol. The molecule has 0 saturated carbocycles. The molecule has 26 heteroatoms. The first-order chi connectivity index (χ1) is 19.3. The molecule has 0 amide bonds. The van der Waals surface area contributed by atoms with Crippen LogP contribution in [0, 0.1) is 11.8 Å². The minimum atomic E-state index is -5.07. The van der Waals surface area contributed by atoms with Crippen molar-refractivity contribution in [3.05, 3.63) is 0 Å². The Bertz CT molecular complexity index is 984. The van der Waals surface area contributed by atoms with Gasteiger partial charge in [0.05, 0.1) is 59.5 Å². The lowest BCUT2D eigenvalue weighted by Crippen LogP contribution is -2.20. The van der Waals surface area contributed by atoms with E-state index >= 15 is 0 Å². The SMILES string of the molecule is CCC(CO)COP(=O)([O-])OCCOP(=O)([O-])OCCOP(=O)([O-])OCCOP(=O)([O-])OCC(CC)COP(=O)([O-])O. The molecule has 0 fully saturated rings. The van der Waals surface area contributed by atoms with Gasteiger partial charge in [-0.3, -0.25) is 22.8 Å². The predicted molar refractivity (Wildman–Crippen MR) is 128 cm³/mol. The third-order valence-electron chi connectivity index (χ3n) is 4.57. The van der Waals surface area contributed by atoms with E-state index in [0.717, 1.165) is 0 Å². The smallest absolute Gasteiger partial charge is 0.268 e. The Hall–Kier alpha value is 0.510. The van der Waals surface area contributed by atoms with Crippen LogP contribution in [0.15, 0.2) is 0 Å². The molecule has 0 aliphatic carbocycles. The van der Waals surface area contributed by atoms with Crippen LogP contribution in [0.5, 0.6) is 0 Å². The van der Waals surface area contributed by atoms with Crippen LogP contribution in [-0.2, 0) is 63.5 Å². The summed E-state index contributed by atoms with van der Waals surface area (Å²) in [4.78, 5) is 65.7. The highest BCUT2D eigenvalue weighted by Gasteiger charge is 2.18. The number of aliphatic hydroxyl groups excluding tert-OH is 1. The maximum absolute atomic E-state index is 11.7. The molecule has 0 spiro atoms. The van der Waals surface area contributed by atoms with Gasteiger partial charge in [-0.15, -0.1) is 0 Å². The lowest BCUT2D eigenvalue weighted by atomic mass is 10.1. The summed E-state index contributed by atoms with van der Waals surface area (Å²) < 4.78 is 96.5. The fourth-order valence-corrected chi connectivity index (χ4v) is 5.49. The summed E-state index contributed by atoms with van der Waals surface area (Å²) >= 11 is 0. The second-order valence-electron chi connectivity index (χ2n) is 7.88. The number of hydrogen-bond acceptors (Lipinski definition) is 20. The largest absolute Gasteiger partial charge is 0.756 e. The fourth-order valence-electron chi connectivity index (χ4n) is 2.22. The summed E-state index contributed by atoms with van der Waals surface area (Å²) in [5.74, 6) is -1.20. The van der Waals surface area contributed by atoms with Crippen LogP contribution < -0.4 is 24.5 Å². The van der Waals surface area contributed by atoms with Crippen molar-refractivity contribution in [3.63, 3.8) is 0 Å². The van der Waals surface area contributed by atoms with Gasteiger partial charge in [0.15, 0.2) is 0 Å². The summed E-state index contributed by atoms with van der Waals surface area (Å²) in [6.45, 7) is -3.57. The van der Waals surface area contributed by atoms with Crippen LogP contribution in [0.1, 0.15) is 26.7 Å². The van der Waals surface area contributed by atoms with Gasteiger partial charge >= 0.3 is 0 Å². The summed E-state index contributed by atoms with van der Waals surface area (Å²) in [6, 6.07) is 0. The number of hydrogen-bond donors (Lipinski definition) is 2. The molecule has 254 valence electrons. The van der Waals surface area contributed by atoms with E-state index in [4.69, 9.17) is 10.00 Å². The van der Waals surface area contributed by atoms with E-state index in [1.165, 1.54) is 0 Å². The van der Waals surface area contributed by atoms with E-state index in [0.29, 0.717) is 6.42 Å². The van der Waals surface area contributed by atoms with E-state index in [-0.39, 0.29) is 19.6 Å². The number of rotatable bonds is 27. The second-order valence-corrected chi connectivity index (χ2v) is 14.7. The van der Waals surface area contributed by atoms with Crippen LogP contribution in [0.25, 0.3) is 0 Å². The first kappa shape index (κ1) is 42.5. The maximum atomic E-state index is 11.7. The quantitative estimate of drug-likeness (QED) is 0.0722. The second kappa shape index (κ2) is 20.6. The van der Waals surface area contributed by atoms with Crippen molar-refractivity contribution in [1.29, 1.82) is 0 Å². The molecule has 0 saturated heterocycles. The fraction of sp³-hybridized carbons (Fsp3) is 1.00. The van der Waals surface area contributed by atoms with Crippen molar-refractivity contribution in [1.82, 2.24) is 0 Å². The average Bonchev–Trinajstić information content (AvgIpc) is 2.87. The molecule has 42 heavy (non-hydrogen) atoms. The first-order valence-corrected chi connectivity index (χ1v) is 19.3. The van der Waals surface area contributed by atoms with Gasteiger partial charge in [-0.2, -0.15) is 0 Å². The molecule has 2 N–H and O–H groups in total. The van der Waals surface area contributed by atoms with E-state index < -0.39 is 104 Å². The van der Waals surface area contributed by atoms with Gasteiger partial charge in [0, 0.05) is 18.4 Å². The number of aliphatic hydroxyl groups is 1. The summed E-state index contributed by atoms with van der Waals surface area (Å²) in [5.41, 5.74) is 0. The number of phosphoric acid groups is 5. The van der Waals surface area contributed by atoms with E-state index in [1.807, 2.05) is 0 Å². The van der Waals surface area contributed by atoms with Gasteiger partial charge in [0.25, 0.3) is 39.1 Å². The molecule has 7 unspecified atom stereocenters. The van der Waals surface area contributed by atoms with Crippen molar-refractivity contribution in [2.24, 2.45) is 11.8 Å². The molecule has 0 aliphatic rings. The minimum Gasteiger partial charge on any atom is -0.756 e. The molecule has 0 aromatic rings. The highest BCUT2D eigenvalue weighted by atomic mass is 31.2. The minimum absolute atomic E-state index is 0.207. The first-order valence-electron chi connectivity index (χ1n) is 11.9. The van der Waals surface area contributed by atoms with Crippen molar-refractivity contribution >= 4 is 39.1 Å². The summed E-state index contributed by atoms with van der Waals surface area (Å²) in [6.07, 6.45) is 0.643.